The molecular formula is C13H19N5O. The van der Waals surface area contributed by atoms with E-state index in [-0.39, 0.29) is 0 Å². The molecule has 2 aromatic heterocycles. The number of nitrogens with zero attached hydrogens (tertiary/aromatic N) is 4. The van der Waals surface area contributed by atoms with Crippen LogP contribution in [-0.4, -0.2) is 25.8 Å². The van der Waals surface area contributed by atoms with E-state index in [0.29, 0.717) is 17.9 Å². The molecule has 102 valence electrons. The maximum absolute atomic E-state index is 5.55. The molecule has 1 N–H and O–H groups in total. The minimum absolute atomic E-state index is 0.309. The van der Waals surface area contributed by atoms with E-state index in [2.05, 4.69) is 34.2 Å². The number of aryl methyl sites for hydroxylation is 2. The third-order valence-corrected chi connectivity index (χ3v) is 2.48. The molecule has 0 aliphatic rings. The van der Waals surface area contributed by atoms with E-state index < -0.39 is 0 Å². The third kappa shape index (κ3) is 4.03. The standard InChI is InChI=1S/C13H19N5O/c1-9(2)14-7-11-5-10(3)16-12(6-11)19-13-15-8-18(4)17-13/h5-6,8-9,14H,7H2,1-4H3. The van der Waals surface area contributed by atoms with Crippen LogP contribution in [0.4, 0.5) is 0 Å². The molecule has 0 aromatic carbocycles. The Kier molecular flexibility index (Phi) is 4.11. The van der Waals surface area contributed by atoms with E-state index in [1.54, 1.807) is 18.1 Å². The van der Waals surface area contributed by atoms with Crippen LogP contribution in [0.1, 0.15) is 25.1 Å². The number of nitrogens with one attached hydrogen (secondary N) is 1. The lowest BCUT2D eigenvalue weighted by molar-refractivity contribution is 0.420. The maximum atomic E-state index is 5.55. The first-order chi connectivity index (χ1) is 9.02. The van der Waals surface area contributed by atoms with Gasteiger partial charge in [-0.1, -0.05) is 13.8 Å². The summed E-state index contributed by atoms with van der Waals surface area (Å²) in [4.78, 5) is 8.34. The van der Waals surface area contributed by atoms with Gasteiger partial charge in [-0.2, -0.15) is 4.98 Å². The van der Waals surface area contributed by atoms with Gasteiger partial charge in [0.15, 0.2) is 0 Å². The average Bonchev–Trinajstić information content (AvgIpc) is 2.71. The smallest absolute Gasteiger partial charge is 0.342 e. The lowest BCUT2D eigenvalue weighted by Gasteiger charge is -2.09. The summed E-state index contributed by atoms with van der Waals surface area (Å²) in [7, 11) is 1.79. The zero-order valence-corrected chi connectivity index (χ0v) is 11.7. The van der Waals surface area contributed by atoms with Crippen LogP contribution in [0.2, 0.25) is 0 Å². The summed E-state index contributed by atoms with van der Waals surface area (Å²) in [6.45, 7) is 6.96. The Labute approximate surface area is 112 Å². The Bertz CT molecular complexity index is 550. The van der Waals surface area contributed by atoms with Crippen LogP contribution in [-0.2, 0) is 13.6 Å². The molecule has 0 saturated carbocycles. The summed E-state index contributed by atoms with van der Waals surface area (Å²) >= 11 is 0. The van der Waals surface area contributed by atoms with Crippen molar-refractivity contribution in [3.63, 3.8) is 0 Å². The molecule has 0 amide bonds. The van der Waals surface area contributed by atoms with Crippen molar-refractivity contribution in [1.82, 2.24) is 25.1 Å². The summed E-state index contributed by atoms with van der Waals surface area (Å²) in [5.41, 5.74) is 2.04. The van der Waals surface area contributed by atoms with E-state index in [1.807, 2.05) is 19.1 Å². The number of aromatic nitrogens is 4. The molecule has 0 bridgehead atoms. The summed E-state index contributed by atoms with van der Waals surface area (Å²) in [6, 6.07) is 4.69. The maximum Gasteiger partial charge on any atom is 0.342 e. The van der Waals surface area contributed by atoms with E-state index in [4.69, 9.17) is 4.74 Å². The highest BCUT2D eigenvalue weighted by atomic mass is 16.5. The summed E-state index contributed by atoms with van der Waals surface area (Å²) < 4.78 is 7.14. The molecule has 0 aliphatic heterocycles. The molecule has 2 heterocycles. The molecule has 0 unspecified atom stereocenters. The van der Waals surface area contributed by atoms with Crippen LogP contribution in [0.5, 0.6) is 11.9 Å². The van der Waals surface area contributed by atoms with Gasteiger partial charge in [-0.15, -0.1) is 5.10 Å². The van der Waals surface area contributed by atoms with Crippen molar-refractivity contribution >= 4 is 0 Å². The van der Waals surface area contributed by atoms with Crippen LogP contribution >= 0.6 is 0 Å². The van der Waals surface area contributed by atoms with Crippen molar-refractivity contribution in [3.8, 4) is 11.9 Å². The van der Waals surface area contributed by atoms with E-state index in [9.17, 15) is 0 Å². The van der Waals surface area contributed by atoms with Gasteiger partial charge in [0.2, 0.25) is 5.88 Å². The topological polar surface area (TPSA) is 64.9 Å². The number of rotatable bonds is 5. The van der Waals surface area contributed by atoms with Gasteiger partial charge in [0.05, 0.1) is 0 Å². The molecule has 6 heteroatoms. The first-order valence-electron chi connectivity index (χ1n) is 6.27. The lowest BCUT2D eigenvalue weighted by atomic mass is 10.2. The highest BCUT2D eigenvalue weighted by molar-refractivity contribution is 5.26. The Morgan fingerprint density at radius 1 is 1.37 bits per heavy atom. The van der Waals surface area contributed by atoms with Gasteiger partial charge >= 0.3 is 6.01 Å². The van der Waals surface area contributed by atoms with Crippen molar-refractivity contribution < 1.29 is 4.74 Å². The molecular weight excluding hydrogens is 242 g/mol. The van der Waals surface area contributed by atoms with Gasteiger partial charge in [0.1, 0.15) is 6.33 Å². The number of hydrogen-bond donors (Lipinski definition) is 1. The van der Waals surface area contributed by atoms with Crippen molar-refractivity contribution in [3.05, 3.63) is 29.7 Å². The van der Waals surface area contributed by atoms with Crippen LogP contribution in [0.25, 0.3) is 0 Å². The van der Waals surface area contributed by atoms with Crippen LogP contribution in [0.15, 0.2) is 18.5 Å². The van der Waals surface area contributed by atoms with Gasteiger partial charge in [0.25, 0.3) is 0 Å². The van der Waals surface area contributed by atoms with Crippen LogP contribution < -0.4 is 10.1 Å². The fraction of sp³-hybridized carbons (Fsp3) is 0.462. The van der Waals surface area contributed by atoms with Gasteiger partial charge in [-0.05, 0) is 18.6 Å². The second kappa shape index (κ2) is 5.79. The van der Waals surface area contributed by atoms with Crippen molar-refractivity contribution in [1.29, 1.82) is 0 Å². The summed E-state index contributed by atoms with van der Waals surface area (Å²) in [5.74, 6) is 0.520. The van der Waals surface area contributed by atoms with Gasteiger partial charge in [-0.3, -0.25) is 4.68 Å². The molecule has 6 nitrogen and oxygen atoms in total. The second-order valence-electron chi connectivity index (χ2n) is 4.79. The molecule has 0 atom stereocenters. The quantitative estimate of drug-likeness (QED) is 0.889. The molecule has 0 aliphatic carbocycles. The monoisotopic (exact) mass is 261 g/mol. The first-order valence-corrected chi connectivity index (χ1v) is 6.27. The SMILES string of the molecule is Cc1cc(CNC(C)C)cc(Oc2ncn(C)n2)n1. The van der Waals surface area contributed by atoms with Crippen LogP contribution in [0, 0.1) is 6.92 Å². The van der Waals surface area contributed by atoms with Gasteiger partial charge in [0, 0.05) is 31.4 Å². The highest BCUT2D eigenvalue weighted by Crippen LogP contribution is 2.17. The summed E-state index contributed by atoms with van der Waals surface area (Å²) in [5, 5.41) is 7.43. The predicted octanol–water partition coefficient (Wildman–Crippen LogP) is 1.81. The molecule has 0 spiro atoms. The Balaban J connectivity index is 2.12. The fourth-order valence-corrected chi connectivity index (χ4v) is 1.64. The number of ether oxygens (including phenoxy) is 1. The molecule has 19 heavy (non-hydrogen) atoms. The average molecular weight is 261 g/mol. The molecule has 0 saturated heterocycles. The summed E-state index contributed by atoms with van der Waals surface area (Å²) in [6.07, 6.45) is 1.59. The zero-order valence-electron chi connectivity index (χ0n) is 11.7. The first kappa shape index (κ1) is 13.5. The van der Waals surface area contributed by atoms with E-state index in [0.717, 1.165) is 17.8 Å². The Morgan fingerprint density at radius 3 is 2.79 bits per heavy atom. The minimum Gasteiger partial charge on any atom is -0.404 e. The van der Waals surface area contributed by atoms with Crippen molar-refractivity contribution in [2.75, 3.05) is 0 Å². The highest BCUT2D eigenvalue weighted by Gasteiger charge is 2.06. The normalized spacial score (nSPS) is 11.0. The molecule has 0 radical (unpaired) electrons. The van der Waals surface area contributed by atoms with Crippen LogP contribution in [0.3, 0.4) is 0 Å². The fourth-order valence-electron chi connectivity index (χ4n) is 1.64. The second-order valence-corrected chi connectivity index (χ2v) is 4.79. The number of hydrogen-bond acceptors (Lipinski definition) is 5. The van der Waals surface area contributed by atoms with E-state index in [1.165, 1.54) is 0 Å². The third-order valence-electron chi connectivity index (χ3n) is 2.48. The molecule has 2 rings (SSSR count). The van der Waals surface area contributed by atoms with Crippen molar-refractivity contribution in [2.24, 2.45) is 7.05 Å². The molecule has 0 fully saturated rings. The van der Waals surface area contributed by atoms with Crippen molar-refractivity contribution in [2.45, 2.75) is 33.4 Å². The predicted molar refractivity (Wildman–Crippen MR) is 72.0 cm³/mol. The van der Waals surface area contributed by atoms with E-state index >= 15 is 0 Å². The minimum atomic E-state index is 0.309. The zero-order chi connectivity index (χ0) is 13.8. The van der Waals surface area contributed by atoms with Gasteiger partial charge in [-0.25, -0.2) is 4.98 Å². The molecule has 2 aromatic rings. The largest absolute Gasteiger partial charge is 0.404 e. The Morgan fingerprint density at radius 2 is 2.16 bits per heavy atom. The lowest BCUT2D eigenvalue weighted by Crippen LogP contribution is -2.21. The number of pyridine rings is 1. The van der Waals surface area contributed by atoms with Gasteiger partial charge < -0.3 is 10.1 Å². The Hall–Kier alpha value is -1.95.